The van der Waals surface area contributed by atoms with E-state index in [4.69, 9.17) is 9.47 Å². The first-order valence-electron chi connectivity index (χ1n) is 7.37. The van der Waals surface area contributed by atoms with Crippen molar-refractivity contribution in [3.05, 3.63) is 50.0 Å². The van der Waals surface area contributed by atoms with Crippen LogP contribution in [0.1, 0.15) is 21.1 Å². The number of carbonyl (C=O) groups is 2. The predicted octanol–water partition coefficient (Wildman–Crippen LogP) is 3.01. The maximum absolute atomic E-state index is 12.7. The van der Waals surface area contributed by atoms with Crippen molar-refractivity contribution in [3.63, 3.8) is 0 Å². The van der Waals surface area contributed by atoms with E-state index in [9.17, 15) is 32.9 Å². The Balaban J connectivity index is 2.02. The number of nitro groups is 1. The zero-order chi connectivity index (χ0) is 20.9. The van der Waals surface area contributed by atoms with Gasteiger partial charge in [0.05, 0.1) is 17.1 Å². The van der Waals surface area contributed by atoms with Crippen LogP contribution in [0.5, 0.6) is 0 Å². The maximum Gasteiger partial charge on any atom is 0.416 e. The molecule has 0 aliphatic rings. The van der Waals surface area contributed by atoms with E-state index in [1.165, 1.54) is 12.5 Å². The predicted molar refractivity (Wildman–Crippen MR) is 89.8 cm³/mol. The fraction of sp³-hybridized carbons (Fsp3) is 0.267. The molecule has 0 bridgehead atoms. The van der Waals surface area contributed by atoms with Crippen LogP contribution in [0.4, 0.5) is 24.5 Å². The van der Waals surface area contributed by atoms with Crippen LogP contribution < -0.4 is 5.32 Å². The fourth-order valence-electron chi connectivity index (χ4n) is 1.95. The van der Waals surface area contributed by atoms with Gasteiger partial charge in [-0.2, -0.15) is 13.2 Å². The van der Waals surface area contributed by atoms with Crippen molar-refractivity contribution < 1.29 is 37.2 Å². The molecule has 150 valence electrons. The van der Waals surface area contributed by atoms with Crippen molar-refractivity contribution in [2.75, 3.05) is 19.0 Å². The average Bonchev–Trinajstić information content (AvgIpc) is 3.08. The summed E-state index contributed by atoms with van der Waals surface area (Å²) in [5.41, 5.74) is -2.70. The van der Waals surface area contributed by atoms with Crippen molar-refractivity contribution in [3.8, 4) is 0 Å². The Labute approximate surface area is 159 Å². The smallest absolute Gasteiger partial charge is 0.416 e. The highest BCUT2D eigenvalue weighted by molar-refractivity contribution is 7.09. The number of rotatable bonds is 7. The van der Waals surface area contributed by atoms with Gasteiger partial charge < -0.3 is 14.8 Å². The lowest BCUT2D eigenvalue weighted by atomic mass is 10.1. The molecule has 1 aromatic carbocycles. The van der Waals surface area contributed by atoms with Crippen molar-refractivity contribution in [1.29, 1.82) is 0 Å². The highest BCUT2D eigenvalue weighted by atomic mass is 32.1. The van der Waals surface area contributed by atoms with E-state index < -0.39 is 46.5 Å². The summed E-state index contributed by atoms with van der Waals surface area (Å²) in [5, 5.41) is 14.9. The quantitative estimate of drug-likeness (QED) is 0.416. The van der Waals surface area contributed by atoms with Crippen LogP contribution >= 0.6 is 11.3 Å². The summed E-state index contributed by atoms with van der Waals surface area (Å²) in [4.78, 5) is 37.5. The van der Waals surface area contributed by atoms with Gasteiger partial charge in [0.25, 0.3) is 11.6 Å². The fourth-order valence-corrected chi connectivity index (χ4v) is 2.68. The number of halogens is 3. The molecule has 0 radical (unpaired) electrons. The minimum atomic E-state index is -4.78. The molecular formula is C15H12F3N3O6S. The second-order valence-electron chi connectivity index (χ2n) is 5.17. The third-order valence-electron chi connectivity index (χ3n) is 3.16. The van der Waals surface area contributed by atoms with E-state index in [-0.39, 0.29) is 12.3 Å². The topological polar surface area (TPSA) is 121 Å². The molecule has 0 saturated carbocycles. The minimum absolute atomic E-state index is 0.0506. The number of nitro benzene ring substituents is 1. The van der Waals surface area contributed by atoms with Crippen molar-refractivity contribution in [2.24, 2.45) is 0 Å². The summed E-state index contributed by atoms with van der Waals surface area (Å²) < 4.78 is 47.6. The number of ether oxygens (including phenoxy) is 2. The number of benzene rings is 1. The third kappa shape index (κ3) is 5.47. The standard InChI is InChI=1S/C15H12F3N3O6S/c1-26-6-13-20-10(7-28-13)14(23)27-5-12(22)19-9-3-2-8(15(16,17)18)4-11(9)21(24)25/h2-4,7H,5-6H2,1H3,(H,19,22). The molecule has 0 aliphatic heterocycles. The molecule has 1 amide bonds. The molecule has 1 aromatic heterocycles. The summed E-state index contributed by atoms with van der Waals surface area (Å²) >= 11 is 1.14. The number of esters is 1. The molecule has 2 aromatic rings. The van der Waals surface area contributed by atoms with E-state index >= 15 is 0 Å². The molecule has 1 heterocycles. The number of hydrogen-bond acceptors (Lipinski definition) is 8. The second kappa shape index (κ2) is 8.75. The third-order valence-corrected chi connectivity index (χ3v) is 3.98. The summed E-state index contributed by atoms with van der Waals surface area (Å²) in [6.07, 6.45) is -4.78. The van der Waals surface area contributed by atoms with Gasteiger partial charge in [-0.05, 0) is 12.1 Å². The van der Waals surface area contributed by atoms with E-state index in [0.717, 1.165) is 17.4 Å². The first-order chi connectivity index (χ1) is 13.1. The number of nitrogens with one attached hydrogen (secondary N) is 1. The number of methoxy groups -OCH3 is 1. The number of nitrogens with zero attached hydrogens (tertiary/aromatic N) is 2. The largest absolute Gasteiger partial charge is 0.451 e. The van der Waals surface area contributed by atoms with Crippen LogP contribution in [0.15, 0.2) is 23.6 Å². The summed E-state index contributed by atoms with van der Waals surface area (Å²) in [5.74, 6) is -1.88. The highest BCUT2D eigenvalue weighted by Crippen LogP contribution is 2.34. The number of hydrogen-bond donors (Lipinski definition) is 1. The second-order valence-corrected chi connectivity index (χ2v) is 6.11. The van der Waals surface area contributed by atoms with Crippen molar-refractivity contribution >= 4 is 34.6 Å². The maximum atomic E-state index is 12.7. The average molecular weight is 419 g/mol. The molecular weight excluding hydrogens is 407 g/mol. The number of alkyl halides is 3. The lowest BCUT2D eigenvalue weighted by molar-refractivity contribution is -0.384. The van der Waals surface area contributed by atoms with Gasteiger partial charge in [0.1, 0.15) is 10.7 Å². The van der Waals surface area contributed by atoms with Gasteiger partial charge in [-0.1, -0.05) is 0 Å². The number of anilines is 1. The molecule has 0 fully saturated rings. The molecule has 0 unspecified atom stereocenters. The van der Waals surface area contributed by atoms with Gasteiger partial charge in [0, 0.05) is 18.6 Å². The lowest BCUT2D eigenvalue weighted by Gasteiger charge is -2.10. The summed E-state index contributed by atoms with van der Waals surface area (Å²) in [7, 11) is 1.45. The Morgan fingerprint density at radius 2 is 2.07 bits per heavy atom. The van der Waals surface area contributed by atoms with Crippen LogP contribution in [0.2, 0.25) is 0 Å². The Bertz CT molecular complexity index is 899. The molecule has 0 saturated heterocycles. The monoisotopic (exact) mass is 419 g/mol. The van der Waals surface area contributed by atoms with Crippen molar-refractivity contribution in [1.82, 2.24) is 4.98 Å². The Morgan fingerprint density at radius 1 is 1.36 bits per heavy atom. The number of aromatic nitrogens is 1. The number of thiazole rings is 1. The van der Waals surface area contributed by atoms with E-state index in [0.29, 0.717) is 17.1 Å². The Kier molecular flexibility index (Phi) is 6.64. The van der Waals surface area contributed by atoms with Gasteiger partial charge in [-0.15, -0.1) is 11.3 Å². The molecule has 1 N–H and O–H groups in total. The summed E-state index contributed by atoms with van der Waals surface area (Å²) in [6, 6.07) is 1.63. The van der Waals surface area contributed by atoms with Crippen LogP contribution in [-0.4, -0.2) is 35.5 Å². The molecule has 0 atom stereocenters. The van der Waals surface area contributed by atoms with E-state index in [1.54, 1.807) is 0 Å². The Hall–Kier alpha value is -3.06. The van der Waals surface area contributed by atoms with Crippen LogP contribution in [0.3, 0.4) is 0 Å². The molecule has 28 heavy (non-hydrogen) atoms. The number of amides is 1. The van der Waals surface area contributed by atoms with Gasteiger partial charge in [-0.3, -0.25) is 14.9 Å². The molecule has 9 nitrogen and oxygen atoms in total. The van der Waals surface area contributed by atoms with Crippen LogP contribution in [-0.2, 0) is 27.1 Å². The van der Waals surface area contributed by atoms with Crippen LogP contribution in [0.25, 0.3) is 0 Å². The summed E-state index contributed by atoms with van der Waals surface area (Å²) in [6.45, 7) is -0.621. The van der Waals surface area contributed by atoms with Gasteiger partial charge in [0.2, 0.25) is 0 Å². The zero-order valence-electron chi connectivity index (χ0n) is 14.1. The highest BCUT2D eigenvalue weighted by Gasteiger charge is 2.33. The van der Waals surface area contributed by atoms with Gasteiger partial charge in [-0.25, -0.2) is 9.78 Å². The molecule has 0 spiro atoms. The molecule has 13 heteroatoms. The first-order valence-corrected chi connectivity index (χ1v) is 8.25. The van der Waals surface area contributed by atoms with Crippen LogP contribution in [0, 0.1) is 10.1 Å². The minimum Gasteiger partial charge on any atom is -0.451 e. The van der Waals surface area contributed by atoms with Gasteiger partial charge in [0.15, 0.2) is 12.3 Å². The zero-order valence-corrected chi connectivity index (χ0v) is 14.9. The van der Waals surface area contributed by atoms with E-state index in [1.807, 2.05) is 5.32 Å². The SMILES string of the molecule is COCc1nc(C(=O)OCC(=O)Nc2ccc(C(F)(F)F)cc2[N+](=O)[O-])cs1. The van der Waals surface area contributed by atoms with Gasteiger partial charge >= 0.3 is 12.1 Å². The lowest BCUT2D eigenvalue weighted by Crippen LogP contribution is -2.21. The molecule has 2 rings (SSSR count). The Morgan fingerprint density at radius 3 is 2.68 bits per heavy atom. The van der Waals surface area contributed by atoms with E-state index in [2.05, 4.69) is 4.98 Å². The van der Waals surface area contributed by atoms with Crippen molar-refractivity contribution in [2.45, 2.75) is 12.8 Å². The first kappa shape index (κ1) is 21.2. The normalized spacial score (nSPS) is 11.1. The molecule has 0 aliphatic carbocycles. The number of carbonyl (C=O) groups excluding carboxylic acids is 2.